The third-order valence-electron chi connectivity index (χ3n) is 1.68. The maximum atomic E-state index is 6.01. The van der Waals surface area contributed by atoms with Gasteiger partial charge in [0.25, 0.3) is 0 Å². The summed E-state index contributed by atoms with van der Waals surface area (Å²) < 4.78 is 0. The molecule has 0 fully saturated rings. The van der Waals surface area contributed by atoms with Crippen molar-refractivity contribution in [3.63, 3.8) is 0 Å². The van der Waals surface area contributed by atoms with Gasteiger partial charge in [-0.15, -0.1) is 11.6 Å². The van der Waals surface area contributed by atoms with Crippen molar-refractivity contribution in [1.82, 2.24) is 0 Å². The van der Waals surface area contributed by atoms with E-state index in [-0.39, 0.29) is 10.8 Å². The minimum Gasteiger partial charge on any atom is -0.116 e. The topological polar surface area (TPSA) is 0 Å². The summed E-state index contributed by atoms with van der Waals surface area (Å²) in [5.74, 6) is 0. The summed E-state index contributed by atoms with van der Waals surface area (Å²) in [5.41, 5.74) is -0.00656. The lowest BCUT2D eigenvalue weighted by atomic mass is 9.85. The molecule has 1 unspecified atom stereocenters. The molecule has 0 aromatic rings. The van der Waals surface area contributed by atoms with Crippen molar-refractivity contribution in [2.45, 2.75) is 19.2 Å². The molecular formula is C8H10Cl2. The normalized spacial score (nSPS) is 30.0. The second kappa shape index (κ2) is 2.60. The molecule has 1 rings (SSSR count). The molecule has 0 N–H and O–H groups in total. The Kier molecular flexibility index (Phi) is 2.12. The minimum atomic E-state index is -0.0702. The van der Waals surface area contributed by atoms with Crippen molar-refractivity contribution < 1.29 is 0 Å². The van der Waals surface area contributed by atoms with Gasteiger partial charge in [-0.25, -0.2) is 0 Å². The molecule has 0 saturated heterocycles. The molecule has 1 atom stereocenters. The van der Waals surface area contributed by atoms with E-state index in [1.54, 1.807) is 0 Å². The summed E-state index contributed by atoms with van der Waals surface area (Å²) >= 11 is 11.8. The summed E-state index contributed by atoms with van der Waals surface area (Å²) in [7, 11) is 0. The predicted molar refractivity (Wildman–Crippen MR) is 46.5 cm³/mol. The Bertz CT molecular complexity index is 189. The van der Waals surface area contributed by atoms with Crippen LogP contribution in [-0.2, 0) is 0 Å². The van der Waals surface area contributed by atoms with Crippen LogP contribution in [0.2, 0.25) is 0 Å². The highest BCUT2D eigenvalue weighted by atomic mass is 35.5. The van der Waals surface area contributed by atoms with Gasteiger partial charge in [0.2, 0.25) is 0 Å². The molecule has 0 spiro atoms. The van der Waals surface area contributed by atoms with Crippen LogP contribution in [0.4, 0.5) is 0 Å². The molecule has 0 bridgehead atoms. The SMILES string of the molecule is CC1(C)C=CC=C(Cl)C1Cl. The van der Waals surface area contributed by atoms with Crippen LogP contribution >= 0.6 is 23.2 Å². The summed E-state index contributed by atoms with van der Waals surface area (Å²) in [6, 6.07) is 0. The first-order chi connectivity index (χ1) is 4.54. The molecule has 0 aliphatic heterocycles. The Morgan fingerprint density at radius 3 is 2.50 bits per heavy atom. The summed E-state index contributed by atoms with van der Waals surface area (Å²) in [4.78, 5) is 0. The highest BCUT2D eigenvalue weighted by Crippen LogP contribution is 2.36. The molecule has 0 amide bonds. The molecule has 0 aromatic heterocycles. The Morgan fingerprint density at radius 1 is 1.50 bits per heavy atom. The molecule has 0 aromatic carbocycles. The first-order valence-corrected chi connectivity index (χ1v) is 4.04. The molecular weight excluding hydrogens is 167 g/mol. The molecule has 0 saturated carbocycles. The van der Waals surface area contributed by atoms with Crippen LogP contribution in [0, 0.1) is 5.41 Å². The number of allylic oxidation sites excluding steroid dienone is 4. The van der Waals surface area contributed by atoms with Crippen molar-refractivity contribution in [2.24, 2.45) is 5.41 Å². The van der Waals surface area contributed by atoms with Crippen LogP contribution in [0.1, 0.15) is 13.8 Å². The van der Waals surface area contributed by atoms with Crippen LogP contribution in [0.5, 0.6) is 0 Å². The Balaban J connectivity index is 2.89. The van der Waals surface area contributed by atoms with Crippen LogP contribution in [0.3, 0.4) is 0 Å². The number of halogens is 2. The fourth-order valence-electron chi connectivity index (χ4n) is 0.912. The molecule has 10 heavy (non-hydrogen) atoms. The lowest BCUT2D eigenvalue weighted by Gasteiger charge is -2.28. The van der Waals surface area contributed by atoms with E-state index < -0.39 is 0 Å². The van der Waals surface area contributed by atoms with E-state index >= 15 is 0 Å². The molecule has 2 heteroatoms. The van der Waals surface area contributed by atoms with Crippen LogP contribution < -0.4 is 0 Å². The maximum Gasteiger partial charge on any atom is 0.0777 e. The van der Waals surface area contributed by atoms with Crippen molar-refractivity contribution in [3.8, 4) is 0 Å². The van der Waals surface area contributed by atoms with Gasteiger partial charge in [0, 0.05) is 10.4 Å². The standard InChI is InChI=1S/C8H10Cl2/c1-8(2)5-3-4-6(9)7(8)10/h3-5,7H,1-2H3. The van der Waals surface area contributed by atoms with E-state index in [0.717, 1.165) is 5.03 Å². The van der Waals surface area contributed by atoms with Gasteiger partial charge in [-0.05, 0) is 6.08 Å². The van der Waals surface area contributed by atoms with Crippen LogP contribution in [0.15, 0.2) is 23.3 Å². The van der Waals surface area contributed by atoms with Gasteiger partial charge in [0.05, 0.1) is 5.38 Å². The van der Waals surface area contributed by atoms with Gasteiger partial charge in [-0.3, -0.25) is 0 Å². The van der Waals surface area contributed by atoms with E-state index in [1.165, 1.54) is 0 Å². The van der Waals surface area contributed by atoms with E-state index in [4.69, 9.17) is 23.2 Å². The molecule has 0 nitrogen and oxygen atoms in total. The van der Waals surface area contributed by atoms with Gasteiger partial charge >= 0.3 is 0 Å². The Morgan fingerprint density at radius 2 is 2.10 bits per heavy atom. The minimum absolute atomic E-state index is 0.00656. The second-order valence-corrected chi connectivity index (χ2v) is 3.97. The lowest BCUT2D eigenvalue weighted by Crippen LogP contribution is -2.24. The Hall–Kier alpha value is 0.0600. The van der Waals surface area contributed by atoms with E-state index in [0.29, 0.717) is 0 Å². The second-order valence-electron chi connectivity index (χ2n) is 3.09. The summed E-state index contributed by atoms with van der Waals surface area (Å²) in [6.45, 7) is 4.13. The van der Waals surface area contributed by atoms with Crippen molar-refractivity contribution in [2.75, 3.05) is 0 Å². The largest absolute Gasteiger partial charge is 0.116 e. The fraction of sp³-hybridized carbons (Fsp3) is 0.500. The third kappa shape index (κ3) is 1.38. The van der Waals surface area contributed by atoms with E-state index in [1.807, 2.05) is 12.2 Å². The zero-order valence-electron chi connectivity index (χ0n) is 6.07. The number of alkyl halides is 1. The van der Waals surface area contributed by atoms with Gasteiger partial charge < -0.3 is 0 Å². The zero-order chi connectivity index (χ0) is 7.78. The van der Waals surface area contributed by atoms with Gasteiger partial charge in [-0.1, -0.05) is 37.6 Å². The number of hydrogen-bond acceptors (Lipinski definition) is 0. The van der Waals surface area contributed by atoms with Gasteiger partial charge in [0.15, 0.2) is 0 Å². The summed E-state index contributed by atoms with van der Waals surface area (Å²) in [6.07, 6.45) is 5.85. The fourth-order valence-corrected chi connectivity index (χ4v) is 1.41. The van der Waals surface area contributed by atoms with Crippen molar-refractivity contribution in [3.05, 3.63) is 23.3 Å². The van der Waals surface area contributed by atoms with E-state index in [2.05, 4.69) is 19.9 Å². The highest BCUT2D eigenvalue weighted by Gasteiger charge is 2.28. The van der Waals surface area contributed by atoms with Gasteiger partial charge in [0.1, 0.15) is 0 Å². The number of rotatable bonds is 0. The monoisotopic (exact) mass is 176 g/mol. The Labute approximate surface area is 71.5 Å². The first kappa shape index (κ1) is 8.16. The molecule has 0 heterocycles. The molecule has 56 valence electrons. The quantitative estimate of drug-likeness (QED) is 0.498. The first-order valence-electron chi connectivity index (χ1n) is 3.23. The van der Waals surface area contributed by atoms with Crippen molar-refractivity contribution >= 4 is 23.2 Å². The molecule has 0 radical (unpaired) electrons. The highest BCUT2D eigenvalue weighted by molar-refractivity contribution is 6.38. The van der Waals surface area contributed by atoms with E-state index in [9.17, 15) is 0 Å². The average Bonchev–Trinajstić information content (AvgIpc) is 1.83. The summed E-state index contributed by atoms with van der Waals surface area (Å²) in [5, 5.41) is 0.660. The maximum absolute atomic E-state index is 6.01. The van der Waals surface area contributed by atoms with Crippen LogP contribution in [0.25, 0.3) is 0 Å². The zero-order valence-corrected chi connectivity index (χ0v) is 7.58. The van der Waals surface area contributed by atoms with Crippen LogP contribution in [-0.4, -0.2) is 5.38 Å². The smallest absolute Gasteiger partial charge is 0.0777 e. The van der Waals surface area contributed by atoms with Crippen molar-refractivity contribution in [1.29, 1.82) is 0 Å². The molecule has 1 aliphatic carbocycles. The average molecular weight is 177 g/mol. The third-order valence-corrected chi connectivity index (χ3v) is 2.93. The number of hydrogen-bond donors (Lipinski definition) is 0. The lowest BCUT2D eigenvalue weighted by molar-refractivity contribution is 0.487. The van der Waals surface area contributed by atoms with Gasteiger partial charge in [-0.2, -0.15) is 0 Å². The predicted octanol–water partition coefficient (Wildman–Crippen LogP) is 3.31. The molecule has 1 aliphatic rings.